The molecule has 21 heavy (non-hydrogen) atoms. The molecule has 1 N–H and O–H groups in total. The molecular weight excluding hydrogens is 336 g/mol. The van der Waals surface area contributed by atoms with E-state index in [1.165, 1.54) is 12.5 Å². The number of alkyl halides is 1. The van der Waals surface area contributed by atoms with Crippen LogP contribution in [0.1, 0.15) is 0 Å². The normalized spacial score (nSPS) is 11.7. The molecule has 3 heterocycles. The van der Waals surface area contributed by atoms with Gasteiger partial charge in [0.15, 0.2) is 10.9 Å². The average Bonchev–Trinajstić information content (AvgIpc) is 3.19. The summed E-state index contributed by atoms with van der Waals surface area (Å²) in [5.74, 6) is 1.10. The number of halogens is 1. The lowest BCUT2D eigenvalue weighted by Gasteiger charge is -1.98. The van der Waals surface area contributed by atoms with Gasteiger partial charge in [-0.25, -0.2) is 13.4 Å². The van der Waals surface area contributed by atoms with Crippen molar-refractivity contribution in [2.45, 2.75) is 0 Å². The van der Waals surface area contributed by atoms with E-state index in [1.54, 1.807) is 24.3 Å². The average molecular weight is 345 g/mol. The highest BCUT2D eigenvalue weighted by Crippen LogP contribution is 2.39. The van der Waals surface area contributed by atoms with Crippen LogP contribution in [0.5, 0.6) is 0 Å². The standard InChI is InChI=1S/C12H9ClN2O4S2/c13-7-21(16,17)15-12-14-10(8-3-1-5-18-8)11(20-12)9-4-2-6-19-9/h1-6H,7H2,(H,14,15). The Bertz CT molecular complexity index is 771. The largest absolute Gasteiger partial charge is 0.463 e. The molecule has 6 nitrogen and oxygen atoms in total. The SMILES string of the molecule is O=S(=O)(CCl)Nc1nc(-c2ccco2)c(-c2ccco2)s1. The molecule has 0 amide bonds. The Morgan fingerprint density at radius 2 is 1.86 bits per heavy atom. The topological polar surface area (TPSA) is 85.3 Å². The number of hydrogen-bond acceptors (Lipinski definition) is 6. The number of nitrogens with one attached hydrogen (secondary N) is 1. The summed E-state index contributed by atoms with van der Waals surface area (Å²) in [7, 11) is -3.61. The van der Waals surface area contributed by atoms with Crippen LogP contribution in [0.4, 0.5) is 5.13 Å². The van der Waals surface area contributed by atoms with E-state index in [0.717, 1.165) is 11.3 Å². The van der Waals surface area contributed by atoms with Crippen LogP contribution in [0.15, 0.2) is 45.6 Å². The lowest BCUT2D eigenvalue weighted by Crippen LogP contribution is -2.13. The highest BCUT2D eigenvalue weighted by molar-refractivity contribution is 7.94. The van der Waals surface area contributed by atoms with Gasteiger partial charge in [0.2, 0.25) is 10.0 Å². The lowest BCUT2D eigenvalue weighted by molar-refractivity contribution is 0.575. The number of rotatable bonds is 5. The van der Waals surface area contributed by atoms with Gasteiger partial charge in [0.1, 0.15) is 21.5 Å². The number of hydrogen-bond donors (Lipinski definition) is 1. The molecule has 9 heteroatoms. The Morgan fingerprint density at radius 3 is 2.43 bits per heavy atom. The van der Waals surface area contributed by atoms with E-state index in [2.05, 4.69) is 9.71 Å². The number of aromatic nitrogens is 1. The van der Waals surface area contributed by atoms with Crippen molar-refractivity contribution >= 4 is 38.1 Å². The van der Waals surface area contributed by atoms with Crippen molar-refractivity contribution in [3.8, 4) is 22.1 Å². The number of sulfonamides is 1. The molecule has 0 saturated heterocycles. The highest BCUT2D eigenvalue weighted by atomic mass is 35.5. The van der Waals surface area contributed by atoms with E-state index in [-0.39, 0.29) is 5.13 Å². The van der Waals surface area contributed by atoms with Crippen molar-refractivity contribution in [2.24, 2.45) is 0 Å². The minimum Gasteiger partial charge on any atom is -0.463 e. The molecule has 110 valence electrons. The van der Waals surface area contributed by atoms with Gasteiger partial charge in [0.05, 0.1) is 12.5 Å². The fourth-order valence-corrected chi connectivity index (χ4v) is 3.55. The maximum absolute atomic E-state index is 11.5. The van der Waals surface area contributed by atoms with Crippen molar-refractivity contribution in [1.29, 1.82) is 0 Å². The third-order valence-corrected chi connectivity index (χ3v) is 5.28. The minimum absolute atomic E-state index is 0.202. The highest BCUT2D eigenvalue weighted by Gasteiger charge is 2.21. The van der Waals surface area contributed by atoms with Crippen molar-refractivity contribution in [3.05, 3.63) is 36.8 Å². The molecule has 0 aliphatic heterocycles. The van der Waals surface area contributed by atoms with E-state index < -0.39 is 15.2 Å². The zero-order chi connectivity index (χ0) is 14.9. The minimum atomic E-state index is -3.61. The van der Waals surface area contributed by atoms with Crippen LogP contribution in [-0.2, 0) is 10.0 Å². The van der Waals surface area contributed by atoms with Gasteiger partial charge in [-0.3, -0.25) is 4.72 Å². The Morgan fingerprint density at radius 1 is 1.19 bits per heavy atom. The number of nitrogens with zero attached hydrogens (tertiary/aromatic N) is 1. The second-order valence-electron chi connectivity index (χ2n) is 3.98. The third kappa shape index (κ3) is 2.97. The van der Waals surface area contributed by atoms with E-state index in [4.69, 9.17) is 20.4 Å². The summed E-state index contributed by atoms with van der Waals surface area (Å²) in [6.45, 7) is 0. The van der Waals surface area contributed by atoms with Gasteiger partial charge in [-0.1, -0.05) is 11.3 Å². The zero-order valence-corrected chi connectivity index (χ0v) is 12.8. The van der Waals surface area contributed by atoms with Crippen molar-refractivity contribution in [2.75, 3.05) is 9.93 Å². The van der Waals surface area contributed by atoms with Crippen molar-refractivity contribution in [1.82, 2.24) is 4.98 Å². The van der Waals surface area contributed by atoms with Crippen molar-refractivity contribution < 1.29 is 17.3 Å². The summed E-state index contributed by atoms with van der Waals surface area (Å²) in [5, 5.41) is -0.341. The first-order valence-corrected chi connectivity index (χ1v) is 8.74. The van der Waals surface area contributed by atoms with Crippen LogP contribution >= 0.6 is 22.9 Å². The Hall–Kier alpha value is -1.77. The lowest BCUT2D eigenvalue weighted by atomic mass is 10.2. The predicted octanol–water partition coefficient (Wildman–Crippen LogP) is 3.60. The Kier molecular flexibility index (Phi) is 3.75. The smallest absolute Gasteiger partial charge is 0.248 e. The van der Waals surface area contributed by atoms with Gasteiger partial charge < -0.3 is 8.83 Å². The van der Waals surface area contributed by atoms with Gasteiger partial charge in [-0.2, -0.15) is 0 Å². The van der Waals surface area contributed by atoms with Gasteiger partial charge in [-0.05, 0) is 24.3 Å². The van der Waals surface area contributed by atoms with Crippen LogP contribution in [0.3, 0.4) is 0 Å². The summed E-state index contributed by atoms with van der Waals surface area (Å²) in [4.78, 5) is 4.93. The fourth-order valence-electron chi connectivity index (χ4n) is 1.68. The number of thiazole rings is 1. The Balaban J connectivity index is 2.08. The molecule has 3 aromatic heterocycles. The van der Waals surface area contributed by atoms with E-state index in [0.29, 0.717) is 22.1 Å². The summed E-state index contributed by atoms with van der Waals surface area (Å²) in [6, 6.07) is 6.97. The van der Waals surface area contributed by atoms with Crippen LogP contribution in [0.25, 0.3) is 22.1 Å². The summed E-state index contributed by atoms with van der Waals surface area (Å²) >= 11 is 6.52. The van der Waals surface area contributed by atoms with Crippen LogP contribution in [-0.4, -0.2) is 18.6 Å². The molecule has 0 aliphatic carbocycles. The first-order valence-electron chi connectivity index (χ1n) is 5.74. The molecule has 0 unspecified atom stereocenters. The van der Waals surface area contributed by atoms with Crippen LogP contribution in [0, 0.1) is 0 Å². The van der Waals surface area contributed by atoms with Gasteiger partial charge in [0.25, 0.3) is 0 Å². The van der Waals surface area contributed by atoms with E-state index >= 15 is 0 Å². The second-order valence-corrected chi connectivity index (χ2v) is 7.28. The first-order chi connectivity index (χ1) is 10.1. The van der Waals surface area contributed by atoms with Crippen LogP contribution < -0.4 is 4.72 Å². The third-order valence-electron chi connectivity index (χ3n) is 2.51. The summed E-state index contributed by atoms with van der Waals surface area (Å²) in [6.07, 6.45) is 3.05. The quantitative estimate of drug-likeness (QED) is 0.715. The molecule has 0 saturated carbocycles. The predicted molar refractivity (Wildman–Crippen MR) is 80.8 cm³/mol. The zero-order valence-electron chi connectivity index (χ0n) is 10.4. The first kappa shape index (κ1) is 14.2. The molecular formula is C12H9ClN2O4S2. The molecule has 0 bridgehead atoms. The molecule has 0 aromatic carbocycles. The van der Waals surface area contributed by atoms with Gasteiger partial charge in [0, 0.05) is 0 Å². The van der Waals surface area contributed by atoms with Gasteiger partial charge in [-0.15, -0.1) is 11.6 Å². The molecule has 0 fully saturated rings. The van der Waals surface area contributed by atoms with E-state index in [1.807, 2.05) is 0 Å². The molecule has 3 aromatic rings. The van der Waals surface area contributed by atoms with E-state index in [9.17, 15) is 8.42 Å². The molecule has 0 atom stereocenters. The van der Waals surface area contributed by atoms with Crippen LogP contribution in [0.2, 0.25) is 0 Å². The van der Waals surface area contributed by atoms with Gasteiger partial charge >= 0.3 is 0 Å². The monoisotopic (exact) mass is 344 g/mol. The molecule has 3 rings (SSSR count). The maximum Gasteiger partial charge on any atom is 0.248 e. The summed E-state index contributed by atoms with van der Waals surface area (Å²) < 4.78 is 36.1. The molecule has 0 spiro atoms. The fraction of sp³-hybridized carbons (Fsp3) is 0.0833. The van der Waals surface area contributed by atoms with Crippen molar-refractivity contribution in [3.63, 3.8) is 0 Å². The number of furan rings is 2. The maximum atomic E-state index is 11.5. The number of anilines is 1. The second kappa shape index (κ2) is 5.55. The molecule has 0 radical (unpaired) electrons. The Labute approximate surface area is 129 Å². The summed E-state index contributed by atoms with van der Waals surface area (Å²) in [5.41, 5.74) is 0.507. The molecule has 0 aliphatic rings.